The average Bonchev–Trinajstić information content (AvgIpc) is 3.17. The summed E-state index contributed by atoms with van der Waals surface area (Å²) in [4.78, 5) is 26.7. The van der Waals surface area contributed by atoms with Gasteiger partial charge in [-0.15, -0.1) is 0 Å². The Kier molecular flexibility index (Phi) is 32.4. The van der Waals surface area contributed by atoms with Crippen LogP contribution in [0.25, 0.3) is 0 Å². The van der Waals surface area contributed by atoms with Gasteiger partial charge in [0.25, 0.3) is 0 Å². The van der Waals surface area contributed by atoms with E-state index in [-0.39, 0.29) is 17.8 Å². The van der Waals surface area contributed by atoms with E-state index in [1.54, 1.807) is 0 Å². The summed E-state index contributed by atoms with van der Waals surface area (Å²) in [6.07, 6.45) is 41.9. The molecule has 5 nitrogen and oxygen atoms in total. The third-order valence-corrected chi connectivity index (χ3v) is 11.7. The van der Waals surface area contributed by atoms with Gasteiger partial charge >= 0.3 is 11.9 Å². The van der Waals surface area contributed by atoms with Crippen molar-refractivity contribution >= 4 is 11.9 Å². The highest BCUT2D eigenvalue weighted by Gasteiger charge is 2.30. The smallest absolute Gasteiger partial charge is 0.320 e. The quantitative estimate of drug-likeness (QED) is 0.0411. The summed E-state index contributed by atoms with van der Waals surface area (Å²) in [5.74, 6) is -1.53. The van der Waals surface area contributed by atoms with Crippen molar-refractivity contribution in [2.45, 2.75) is 265 Å². The fourth-order valence-electron chi connectivity index (χ4n) is 7.92. The van der Waals surface area contributed by atoms with Gasteiger partial charge in [0.2, 0.25) is 0 Å². The standard InChI is InChI=1S/C51H92O5/c1-7-9-11-13-15-17-19-21-23-25-27-29-31-33-35-37-39-46(50(54)56-43-45-41-44(3)48(52)47(42-45)51(4,5)6)49(53)55-40-38-36-34-32-30-28-26-24-22-20-18-16-14-12-10-8-2/h41-42,46,52H,7-40,43H2,1-6H3. The lowest BCUT2D eigenvalue weighted by Gasteiger charge is -2.23. The molecule has 0 bridgehead atoms. The van der Waals surface area contributed by atoms with Gasteiger partial charge in [-0.05, 0) is 54.0 Å². The van der Waals surface area contributed by atoms with Gasteiger partial charge in [-0.3, -0.25) is 9.59 Å². The number of esters is 2. The van der Waals surface area contributed by atoms with Crippen molar-refractivity contribution in [1.29, 1.82) is 0 Å². The predicted octanol–water partition coefficient (Wildman–Crippen LogP) is 16.1. The molecule has 0 spiro atoms. The van der Waals surface area contributed by atoms with Crippen LogP contribution in [0.5, 0.6) is 5.75 Å². The van der Waals surface area contributed by atoms with Gasteiger partial charge < -0.3 is 14.6 Å². The third kappa shape index (κ3) is 27.6. The molecule has 0 aliphatic carbocycles. The van der Waals surface area contributed by atoms with Gasteiger partial charge in [-0.25, -0.2) is 0 Å². The number of aryl methyl sites for hydroxylation is 1. The highest BCUT2D eigenvalue weighted by Crippen LogP contribution is 2.34. The SMILES string of the molecule is CCCCCCCCCCCCCCCCCCOC(=O)C(CCCCCCCCCCCCCCCCCC)C(=O)OCc1cc(C)c(O)c(C(C)(C)C)c1. The van der Waals surface area contributed by atoms with Crippen LogP contribution >= 0.6 is 0 Å². The van der Waals surface area contributed by atoms with Crippen molar-refractivity contribution in [2.75, 3.05) is 6.61 Å². The van der Waals surface area contributed by atoms with E-state index >= 15 is 0 Å². The van der Waals surface area contributed by atoms with Crippen molar-refractivity contribution in [3.63, 3.8) is 0 Å². The summed E-state index contributed by atoms with van der Waals surface area (Å²) in [7, 11) is 0. The molecule has 0 heterocycles. The Morgan fingerprint density at radius 3 is 1.23 bits per heavy atom. The van der Waals surface area contributed by atoms with E-state index in [4.69, 9.17) is 9.47 Å². The number of hydrogen-bond acceptors (Lipinski definition) is 5. The summed E-state index contributed by atoms with van der Waals surface area (Å²) >= 11 is 0. The predicted molar refractivity (Wildman–Crippen MR) is 239 cm³/mol. The summed E-state index contributed by atoms with van der Waals surface area (Å²) in [5, 5.41) is 10.6. The molecule has 0 saturated carbocycles. The summed E-state index contributed by atoms with van der Waals surface area (Å²) in [6, 6.07) is 3.77. The molecule has 1 unspecified atom stereocenters. The van der Waals surface area contributed by atoms with Crippen LogP contribution in [0.3, 0.4) is 0 Å². The maximum atomic E-state index is 13.4. The Labute approximate surface area is 347 Å². The fourth-order valence-corrected chi connectivity index (χ4v) is 7.92. The first kappa shape index (κ1) is 52.0. The van der Waals surface area contributed by atoms with Crippen LogP contribution in [-0.4, -0.2) is 23.7 Å². The van der Waals surface area contributed by atoms with Gasteiger partial charge in [-0.1, -0.05) is 234 Å². The number of phenolic OH excluding ortho intramolecular Hbond substituents is 1. The van der Waals surface area contributed by atoms with Gasteiger partial charge in [-0.2, -0.15) is 0 Å². The largest absolute Gasteiger partial charge is 0.507 e. The van der Waals surface area contributed by atoms with Gasteiger partial charge in [0.05, 0.1) is 6.61 Å². The molecule has 56 heavy (non-hydrogen) atoms. The number of rotatable bonds is 38. The fraction of sp³-hybridized carbons (Fsp3) is 0.843. The van der Waals surface area contributed by atoms with Crippen LogP contribution in [0.15, 0.2) is 12.1 Å². The lowest BCUT2D eigenvalue weighted by atomic mass is 9.84. The number of unbranched alkanes of at least 4 members (excludes halogenated alkanes) is 30. The number of benzene rings is 1. The van der Waals surface area contributed by atoms with Crippen molar-refractivity contribution in [3.8, 4) is 5.75 Å². The Morgan fingerprint density at radius 2 is 0.857 bits per heavy atom. The first-order valence-corrected chi connectivity index (χ1v) is 24.3. The number of carbonyl (C=O) groups is 2. The van der Waals surface area contributed by atoms with Crippen LogP contribution in [0.2, 0.25) is 0 Å². The second-order valence-electron chi connectivity index (χ2n) is 18.3. The zero-order valence-corrected chi connectivity index (χ0v) is 38.1. The third-order valence-electron chi connectivity index (χ3n) is 11.7. The maximum absolute atomic E-state index is 13.4. The molecule has 1 rings (SSSR count). The zero-order chi connectivity index (χ0) is 41.1. The molecule has 1 N–H and O–H groups in total. The monoisotopic (exact) mass is 785 g/mol. The molecule has 0 aliphatic heterocycles. The van der Waals surface area contributed by atoms with E-state index in [1.165, 1.54) is 173 Å². The molecular formula is C51H92O5. The molecule has 0 aliphatic rings. The van der Waals surface area contributed by atoms with Crippen LogP contribution < -0.4 is 0 Å². The Balaban J connectivity index is 2.39. The molecule has 1 aromatic rings. The lowest BCUT2D eigenvalue weighted by Crippen LogP contribution is -2.28. The highest BCUT2D eigenvalue weighted by atomic mass is 16.6. The van der Waals surface area contributed by atoms with E-state index in [0.717, 1.165) is 48.8 Å². The Morgan fingerprint density at radius 1 is 0.518 bits per heavy atom. The Hall–Kier alpha value is -2.04. The minimum Gasteiger partial charge on any atom is -0.507 e. The van der Waals surface area contributed by atoms with Crippen molar-refractivity contribution in [1.82, 2.24) is 0 Å². The number of phenols is 1. The van der Waals surface area contributed by atoms with Crippen LogP contribution in [0.4, 0.5) is 0 Å². The molecular weight excluding hydrogens is 693 g/mol. The summed E-state index contributed by atoms with van der Waals surface area (Å²) < 4.78 is 11.5. The van der Waals surface area contributed by atoms with Crippen LogP contribution in [0.1, 0.15) is 263 Å². The minimum absolute atomic E-state index is 0.0743. The first-order valence-electron chi connectivity index (χ1n) is 24.3. The zero-order valence-electron chi connectivity index (χ0n) is 38.1. The molecule has 0 amide bonds. The van der Waals surface area contributed by atoms with E-state index < -0.39 is 17.9 Å². The van der Waals surface area contributed by atoms with Crippen molar-refractivity contribution in [2.24, 2.45) is 5.92 Å². The molecule has 1 aromatic carbocycles. The highest BCUT2D eigenvalue weighted by molar-refractivity contribution is 5.94. The second kappa shape index (κ2) is 35.0. The van der Waals surface area contributed by atoms with Crippen LogP contribution in [0, 0.1) is 12.8 Å². The van der Waals surface area contributed by atoms with Crippen LogP contribution in [-0.2, 0) is 31.1 Å². The molecule has 1 atom stereocenters. The molecule has 0 radical (unpaired) electrons. The second-order valence-corrected chi connectivity index (χ2v) is 18.3. The topological polar surface area (TPSA) is 72.8 Å². The van der Waals surface area contributed by atoms with E-state index in [2.05, 4.69) is 34.6 Å². The summed E-state index contributed by atoms with van der Waals surface area (Å²) in [5.41, 5.74) is 2.15. The lowest BCUT2D eigenvalue weighted by molar-refractivity contribution is -0.163. The normalized spacial score (nSPS) is 12.2. The number of ether oxygens (including phenoxy) is 2. The number of carbonyl (C=O) groups excluding carboxylic acids is 2. The number of hydrogen-bond donors (Lipinski definition) is 1. The van der Waals surface area contributed by atoms with Gasteiger partial charge in [0.1, 0.15) is 12.4 Å². The van der Waals surface area contributed by atoms with Crippen molar-refractivity contribution < 1.29 is 24.2 Å². The number of aromatic hydroxyl groups is 1. The maximum Gasteiger partial charge on any atom is 0.320 e. The van der Waals surface area contributed by atoms with Gasteiger partial charge in [0.15, 0.2) is 5.92 Å². The molecule has 326 valence electrons. The molecule has 5 heteroatoms. The minimum atomic E-state index is -0.886. The van der Waals surface area contributed by atoms with Gasteiger partial charge in [0, 0.05) is 0 Å². The van der Waals surface area contributed by atoms with E-state index in [1.807, 2.05) is 19.1 Å². The van der Waals surface area contributed by atoms with Crippen molar-refractivity contribution in [3.05, 3.63) is 28.8 Å². The Bertz CT molecular complexity index is 1090. The van der Waals surface area contributed by atoms with E-state index in [0.29, 0.717) is 13.0 Å². The molecule has 0 saturated heterocycles. The first-order chi connectivity index (χ1) is 27.1. The average molecular weight is 785 g/mol. The molecule has 0 fully saturated rings. The summed E-state index contributed by atoms with van der Waals surface area (Å²) in [6.45, 7) is 13.0. The molecule has 0 aromatic heterocycles. The van der Waals surface area contributed by atoms with E-state index in [9.17, 15) is 14.7 Å².